The van der Waals surface area contributed by atoms with Gasteiger partial charge in [-0.15, -0.1) is 0 Å². The summed E-state index contributed by atoms with van der Waals surface area (Å²) < 4.78 is 29.9. The van der Waals surface area contributed by atoms with Crippen LogP contribution in [-0.2, 0) is 0 Å². The lowest BCUT2D eigenvalue weighted by atomic mass is 10.1. The molecule has 4 rings (SSSR count). The van der Waals surface area contributed by atoms with Crippen molar-refractivity contribution in [3.63, 3.8) is 0 Å². The number of thiazole rings is 1. The van der Waals surface area contributed by atoms with E-state index in [1.165, 1.54) is 29.5 Å². The number of nitrogens with one attached hydrogen (secondary N) is 1. The quantitative estimate of drug-likeness (QED) is 0.372. The highest BCUT2D eigenvalue weighted by Gasteiger charge is 2.20. The molecule has 0 unspecified atom stereocenters. The zero-order chi connectivity index (χ0) is 20.7. The van der Waals surface area contributed by atoms with E-state index in [4.69, 9.17) is 0 Å². The molecule has 0 atom stereocenters. The Labute approximate surface area is 177 Å². The standard InChI is InChI=1S/C20H14BrF2N5S/c1-10(2)28-19(14-7-12(21)8-15(23)18(14)27-28)26-20-25-17(16(9-24)29-20)11-3-5-13(22)6-4-11/h3-8,10H,1-2H3,(H,25,26). The van der Waals surface area contributed by atoms with Crippen LogP contribution >= 0.6 is 27.3 Å². The number of halogens is 3. The van der Waals surface area contributed by atoms with Crippen LogP contribution in [0.25, 0.3) is 22.2 Å². The first kappa shape index (κ1) is 19.5. The SMILES string of the molecule is CC(C)n1nc2c(F)cc(Br)cc2c1Nc1nc(-c2ccc(F)cc2)c(C#N)s1. The average Bonchev–Trinajstić information content (AvgIpc) is 3.25. The number of nitriles is 1. The second-order valence-corrected chi connectivity index (χ2v) is 8.53. The van der Waals surface area contributed by atoms with Gasteiger partial charge in [0.1, 0.15) is 33.8 Å². The van der Waals surface area contributed by atoms with Crippen molar-refractivity contribution in [3.05, 3.63) is 57.4 Å². The van der Waals surface area contributed by atoms with Crippen LogP contribution < -0.4 is 5.32 Å². The Kier molecular flexibility index (Phi) is 5.06. The van der Waals surface area contributed by atoms with E-state index in [0.717, 1.165) is 0 Å². The second-order valence-electron chi connectivity index (χ2n) is 6.61. The molecular formula is C20H14BrF2N5S. The number of fused-ring (bicyclic) bond motifs is 1. The van der Waals surface area contributed by atoms with Gasteiger partial charge >= 0.3 is 0 Å². The van der Waals surface area contributed by atoms with Crippen LogP contribution in [0.1, 0.15) is 24.8 Å². The van der Waals surface area contributed by atoms with Crippen molar-refractivity contribution in [2.45, 2.75) is 19.9 Å². The van der Waals surface area contributed by atoms with Crippen LogP contribution in [0.15, 0.2) is 40.9 Å². The first-order valence-corrected chi connectivity index (χ1v) is 10.3. The Hall–Kier alpha value is -2.83. The van der Waals surface area contributed by atoms with E-state index in [-0.39, 0.29) is 17.4 Å². The van der Waals surface area contributed by atoms with Gasteiger partial charge in [-0.3, -0.25) is 0 Å². The Morgan fingerprint density at radius 2 is 1.93 bits per heavy atom. The van der Waals surface area contributed by atoms with Gasteiger partial charge in [0.05, 0.1) is 0 Å². The molecule has 0 fully saturated rings. The minimum absolute atomic E-state index is 0.0324. The van der Waals surface area contributed by atoms with Crippen LogP contribution in [0.2, 0.25) is 0 Å². The Morgan fingerprint density at radius 1 is 1.21 bits per heavy atom. The van der Waals surface area contributed by atoms with Gasteiger partial charge in [-0.05, 0) is 50.2 Å². The molecule has 0 saturated heterocycles. The van der Waals surface area contributed by atoms with Gasteiger partial charge in [-0.1, -0.05) is 27.3 Å². The van der Waals surface area contributed by atoms with Crippen LogP contribution in [0.3, 0.4) is 0 Å². The molecule has 2 aromatic carbocycles. The smallest absolute Gasteiger partial charge is 0.190 e. The number of anilines is 2. The molecule has 146 valence electrons. The van der Waals surface area contributed by atoms with Gasteiger partial charge in [0.25, 0.3) is 0 Å². The zero-order valence-corrected chi connectivity index (χ0v) is 17.8. The molecule has 9 heteroatoms. The molecular weight excluding hydrogens is 460 g/mol. The third kappa shape index (κ3) is 3.61. The predicted molar refractivity (Wildman–Crippen MR) is 113 cm³/mol. The molecule has 0 aliphatic carbocycles. The predicted octanol–water partition coefficient (Wildman–Crippen LogP) is 6.40. The number of rotatable bonds is 4. The molecule has 0 aliphatic heterocycles. The summed E-state index contributed by atoms with van der Waals surface area (Å²) in [5.74, 6) is -0.208. The third-order valence-corrected chi connectivity index (χ3v) is 5.61. The lowest BCUT2D eigenvalue weighted by molar-refractivity contribution is 0.540. The van der Waals surface area contributed by atoms with Gasteiger partial charge < -0.3 is 5.32 Å². The van der Waals surface area contributed by atoms with Gasteiger partial charge in [-0.25, -0.2) is 18.4 Å². The van der Waals surface area contributed by atoms with Gasteiger partial charge in [0.2, 0.25) is 0 Å². The molecule has 0 spiro atoms. The van der Waals surface area contributed by atoms with Crippen molar-refractivity contribution in [3.8, 4) is 17.3 Å². The fourth-order valence-electron chi connectivity index (χ4n) is 2.98. The minimum atomic E-state index is -0.430. The molecule has 0 bridgehead atoms. The van der Waals surface area contributed by atoms with Gasteiger partial charge in [0.15, 0.2) is 10.9 Å². The van der Waals surface area contributed by atoms with E-state index < -0.39 is 5.82 Å². The molecule has 0 radical (unpaired) electrons. The van der Waals surface area contributed by atoms with E-state index in [9.17, 15) is 14.0 Å². The summed E-state index contributed by atoms with van der Waals surface area (Å²) in [4.78, 5) is 4.92. The normalized spacial score (nSPS) is 11.2. The summed E-state index contributed by atoms with van der Waals surface area (Å²) in [6, 6.07) is 11.1. The fourth-order valence-corrected chi connectivity index (χ4v) is 4.20. The van der Waals surface area contributed by atoms with E-state index in [1.54, 1.807) is 22.9 Å². The number of hydrogen-bond donors (Lipinski definition) is 1. The van der Waals surface area contributed by atoms with Crippen molar-refractivity contribution < 1.29 is 8.78 Å². The van der Waals surface area contributed by atoms with Crippen LogP contribution in [-0.4, -0.2) is 14.8 Å². The zero-order valence-electron chi connectivity index (χ0n) is 15.4. The molecule has 2 aromatic heterocycles. The van der Waals surface area contributed by atoms with Crippen LogP contribution in [0.4, 0.5) is 19.7 Å². The number of benzene rings is 2. The van der Waals surface area contributed by atoms with Crippen molar-refractivity contribution in [2.75, 3.05) is 5.32 Å². The van der Waals surface area contributed by atoms with Crippen molar-refractivity contribution >= 4 is 49.1 Å². The van der Waals surface area contributed by atoms with Crippen molar-refractivity contribution in [2.24, 2.45) is 0 Å². The largest absolute Gasteiger partial charge is 0.316 e. The summed E-state index contributed by atoms with van der Waals surface area (Å²) in [5.41, 5.74) is 1.36. The highest BCUT2D eigenvalue weighted by Crippen LogP contribution is 2.36. The molecule has 4 aromatic rings. The first-order valence-electron chi connectivity index (χ1n) is 8.68. The first-order chi connectivity index (χ1) is 13.9. The Bertz CT molecular complexity index is 1250. The average molecular weight is 474 g/mol. The van der Waals surface area contributed by atoms with E-state index in [0.29, 0.717) is 36.9 Å². The van der Waals surface area contributed by atoms with E-state index in [1.807, 2.05) is 13.8 Å². The van der Waals surface area contributed by atoms with Crippen molar-refractivity contribution in [1.82, 2.24) is 14.8 Å². The molecule has 0 aliphatic rings. The maximum Gasteiger partial charge on any atom is 0.190 e. The van der Waals surface area contributed by atoms with E-state index in [2.05, 4.69) is 37.4 Å². The summed E-state index contributed by atoms with van der Waals surface area (Å²) in [5, 5.41) is 18.2. The van der Waals surface area contributed by atoms with Crippen LogP contribution in [0, 0.1) is 23.0 Å². The summed E-state index contributed by atoms with van der Waals surface area (Å²) in [6.45, 7) is 3.88. The Morgan fingerprint density at radius 3 is 2.59 bits per heavy atom. The van der Waals surface area contributed by atoms with Gasteiger partial charge in [-0.2, -0.15) is 10.4 Å². The molecule has 2 heterocycles. The number of aromatic nitrogens is 3. The van der Waals surface area contributed by atoms with E-state index >= 15 is 0 Å². The van der Waals surface area contributed by atoms with Gasteiger partial charge in [0, 0.05) is 21.5 Å². The topological polar surface area (TPSA) is 66.5 Å². The number of hydrogen-bond acceptors (Lipinski definition) is 5. The lowest BCUT2D eigenvalue weighted by Crippen LogP contribution is -2.07. The molecule has 0 amide bonds. The summed E-state index contributed by atoms with van der Waals surface area (Å²) in [6.07, 6.45) is 0. The lowest BCUT2D eigenvalue weighted by Gasteiger charge is -2.11. The molecule has 1 N–H and O–H groups in total. The maximum atomic E-state index is 14.4. The second kappa shape index (κ2) is 7.54. The highest BCUT2D eigenvalue weighted by molar-refractivity contribution is 9.10. The maximum absolute atomic E-state index is 14.4. The minimum Gasteiger partial charge on any atom is -0.316 e. The fraction of sp³-hybridized carbons (Fsp3) is 0.150. The Balaban J connectivity index is 1.82. The highest BCUT2D eigenvalue weighted by atomic mass is 79.9. The van der Waals surface area contributed by atoms with Crippen molar-refractivity contribution in [1.29, 1.82) is 5.26 Å². The van der Waals surface area contributed by atoms with Crippen LogP contribution in [0.5, 0.6) is 0 Å². The number of nitrogens with zero attached hydrogens (tertiary/aromatic N) is 4. The monoisotopic (exact) mass is 473 g/mol. The molecule has 5 nitrogen and oxygen atoms in total. The summed E-state index contributed by atoms with van der Waals surface area (Å²) in [7, 11) is 0. The third-order valence-electron chi connectivity index (χ3n) is 4.28. The molecule has 0 saturated carbocycles. The summed E-state index contributed by atoms with van der Waals surface area (Å²) >= 11 is 4.49. The molecule has 29 heavy (non-hydrogen) atoms.